The molecule has 0 amide bonds. The van der Waals surface area contributed by atoms with Crippen LogP contribution in [0.15, 0.2) is 119 Å². The number of ether oxygens (including phenoxy) is 3. The first kappa shape index (κ1) is 28.8. The largest absolute Gasteiger partial charge is 0.497 e. The Morgan fingerprint density at radius 1 is 0.867 bits per heavy atom. The van der Waals surface area contributed by atoms with Crippen molar-refractivity contribution in [2.45, 2.75) is 37.7 Å². The van der Waals surface area contributed by atoms with Gasteiger partial charge in [0.2, 0.25) is 11.2 Å². The van der Waals surface area contributed by atoms with E-state index in [0.29, 0.717) is 39.4 Å². The maximum Gasteiger partial charge on any atom is 0.235 e. The van der Waals surface area contributed by atoms with Crippen molar-refractivity contribution in [2.24, 2.45) is 0 Å². The molecule has 9 heteroatoms. The highest BCUT2D eigenvalue weighted by Crippen LogP contribution is 2.44. The minimum absolute atomic E-state index is 0.0210. The van der Waals surface area contributed by atoms with Crippen molar-refractivity contribution in [2.75, 3.05) is 7.11 Å². The summed E-state index contributed by atoms with van der Waals surface area (Å²) in [5, 5.41) is 9.92. The SMILES string of the molecule is COc1ccc(C2CC(n3cc(COc4c(-c5ccc(Cl)cc5)oc5ccccc5c4=O)nn3)CC(c3ccccc3)O2)cc1. The Labute approximate surface area is 264 Å². The molecule has 226 valence electrons. The van der Waals surface area contributed by atoms with Gasteiger partial charge in [-0.25, -0.2) is 4.68 Å². The predicted molar refractivity (Wildman–Crippen MR) is 172 cm³/mol. The molecule has 7 rings (SSSR count). The van der Waals surface area contributed by atoms with Gasteiger partial charge in [-0.2, -0.15) is 0 Å². The van der Waals surface area contributed by atoms with Crippen LogP contribution in [0.5, 0.6) is 11.5 Å². The van der Waals surface area contributed by atoms with Gasteiger partial charge >= 0.3 is 0 Å². The number of rotatable bonds is 8. The molecule has 3 unspecified atom stereocenters. The van der Waals surface area contributed by atoms with Crippen LogP contribution in [0.25, 0.3) is 22.3 Å². The number of benzene rings is 4. The lowest BCUT2D eigenvalue weighted by Crippen LogP contribution is -2.26. The Morgan fingerprint density at radius 3 is 2.29 bits per heavy atom. The number of halogens is 1. The van der Waals surface area contributed by atoms with Crippen molar-refractivity contribution >= 4 is 22.6 Å². The summed E-state index contributed by atoms with van der Waals surface area (Å²) in [6, 6.07) is 32.4. The van der Waals surface area contributed by atoms with E-state index in [4.69, 9.17) is 30.2 Å². The molecular weight excluding hydrogens is 590 g/mol. The van der Waals surface area contributed by atoms with Gasteiger partial charge in [0.15, 0.2) is 5.76 Å². The third-order valence-electron chi connectivity index (χ3n) is 8.12. The third-order valence-corrected chi connectivity index (χ3v) is 8.37. The molecule has 1 aliphatic heterocycles. The van der Waals surface area contributed by atoms with E-state index < -0.39 is 0 Å². The molecule has 0 N–H and O–H groups in total. The van der Waals surface area contributed by atoms with Gasteiger partial charge in [0, 0.05) is 23.4 Å². The lowest BCUT2D eigenvalue weighted by molar-refractivity contribution is -0.0741. The summed E-state index contributed by atoms with van der Waals surface area (Å²) in [5.74, 6) is 1.24. The number of nitrogens with zero attached hydrogens (tertiary/aromatic N) is 3. The Hall–Kier alpha value is -4.92. The zero-order chi connectivity index (χ0) is 30.8. The number of para-hydroxylation sites is 1. The Kier molecular flexibility index (Phi) is 8.07. The molecule has 0 saturated carbocycles. The fraction of sp³-hybridized carbons (Fsp3) is 0.194. The molecule has 1 fully saturated rings. The summed E-state index contributed by atoms with van der Waals surface area (Å²) in [5.41, 5.74) is 3.68. The molecule has 3 atom stereocenters. The summed E-state index contributed by atoms with van der Waals surface area (Å²) in [4.78, 5) is 13.6. The van der Waals surface area contributed by atoms with Crippen LogP contribution in [-0.2, 0) is 11.3 Å². The maximum atomic E-state index is 13.6. The number of fused-ring (bicyclic) bond motifs is 1. The molecule has 45 heavy (non-hydrogen) atoms. The van der Waals surface area contributed by atoms with Gasteiger partial charge in [0.25, 0.3) is 0 Å². The van der Waals surface area contributed by atoms with E-state index >= 15 is 0 Å². The molecule has 0 spiro atoms. The van der Waals surface area contributed by atoms with Crippen LogP contribution in [0.4, 0.5) is 0 Å². The fourth-order valence-corrected chi connectivity index (χ4v) is 5.91. The smallest absolute Gasteiger partial charge is 0.235 e. The van der Waals surface area contributed by atoms with Crippen molar-refractivity contribution in [3.8, 4) is 22.8 Å². The van der Waals surface area contributed by atoms with Crippen molar-refractivity contribution in [3.05, 3.63) is 141 Å². The van der Waals surface area contributed by atoms with E-state index in [1.54, 1.807) is 49.6 Å². The van der Waals surface area contributed by atoms with Crippen LogP contribution in [0, 0.1) is 0 Å². The second-order valence-electron chi connectivity index (χ2n) is 11.0. The summed E-state index contributed by atoms with van der Waals surface area (Å²) in [7, 11) is 1.66. The van der Waals surface area contributed by atoms with E-state index in [1.807, 2.05) is 59.4 Å². The van der Waals surface area contributed by atoms with Gasteiger partial charge in [0.05, 0.1) is 36.9 Å². The molecular formula is C36H30ClN3O5. The molecule has 1 aliphatic rings. The molecule has 1 saturated heterocycles. The van der Waals surface area contributed by atoms with Crippen molar-refractivity contribution in [3.63, 3.8) is 0 Å². The van der Waals surface area contributed by atoms with Gasteiger partial charge in [0.1, 0.15) is 23.6 Å². The molecule has 0 radical (unpaired) electrons. The van der Waals surface area contributed by atoms with Crippen molar-refractivity contribution in [1.82, 2.24) is 15.0 Å². The highest BCUT2D eigenvalue weighted by atomic mass is 35.5. The Morgan fingerprint density at radius 2 is 1.56 bits per heavy atom. The number of hydrogen-bond donors (Lipinski definition) is 0. The number of hydrogen-bond acceptors (Lipinski definition) is 7. The summed E-state index contributed by atoms with van der Waals surface area (Å²) < 4.78 is 26.2. The molecule has 0 bridgehead atoms. The second-order valence-corrected chi connectivity index (χ2v) is 11.4. The van der Waals surface area contributed by atoms with Gasteiger partial charge in [-0.1, -0.05) is 71.4 Å². The number of aromatic nitrogens is 3. The van der Waals surface area contributed by atoms with E-state index in [0.717, 1.165) is 23.3 Å². The maximum absolute atomic E-state index is 13.6. The summed E-state index contributed by atoms with van der Waals surface area (Å²) >= 11 is 6.12. The average molecular weight is 620 g/mol. The minimum atomic E-state index is -0.258. The Bertz CT molecular complexity index is 1970. The highest BCUT2D eigenvalue weighted by Gasteiger charge is 2.33. The lowest BCUT2D eigenvalue weighted by Gasteiger charge is -2.36. The van der Waals surface area contributed by atoms with Crippen molar-refractivity contribution < 1.29 is 18.6 Å². The van der Waals surface area contributed by atoms with Crippen LogP contribution in [0.1, 0.15) is 47.9 Å². The molecule has 6 aromatic rings. The third kappa shape index (κ3) is 6.07. The quantitative estimate of drug-likeness (QED) is 0.170. The van der Waals surface area contributed by atoms with E-state index in [2.05, 4.69) is 22.4 Å². The second kappa shape index (κ2) is 12.6. The monoisotopic (exact) mass is 619 g/mol. The molecule has 3 heterocycles. The van der Waals surface area contributed by atoms with E-state index in [9.17, 15) is 4.79 Å². The first-order chi connectivity index (χ1) is 22.1. The average Bonchev–Trinajstić information content (AvgIpc) is 3.58. The zero-order valence-corrected chi connectivity index (χ0v) is 25.3. The normalized spacial score (nSPS) is 18.1. The fourth-order valence-electron chi connectivity index (χ4n) is 5.78. The predicted octanol–water partition coefficient (Wildman–Crippen LogP) is 8.13. The van der Waals surface area contributed by atoms with Gasteiger partial charge < -0.3 is 18.6 Å². The zero-order valence-electron chi connectivity index (χ0n) is 24.5. The summed E-state index contributed by atoms with van der Waals surface area (Å²) in [6.07, 6.45) is 3.07. The molecule has 2 aromatic heterocycles. The minimum Gasteiger partial charge on any atom is -0.497 e. The van der Waals surface area contributed by atoms with E-state index in [1.165, 1.54) is 0 Å². The summed E-state index contributed by atoms with van der Waals surface area (Å²) in [6.45, 7) is 0.0386. The van der Waals surface area contributed by atoms with Crippen LogP contribution in [0.2, 0.25) is 5.02 Å². The van der Waals surface area contributed by atoms with Crippen molar-refractivity contribution in [1.29, 1.82) is 0 Å². The van der Waals surface area contributed by atoms with E-state index in [-0.39, 0.29) is 36.0 Å². The topological polar surface area (TPSA) is 88.6 Å². The standard InChI is InChI=1S/C36H30ClN3O5/c1-42-29-17-13-24(14-18-29)33-20-28(19-32(44-33)23-7-3-2-4-8-23)40-21-27(38-39-40)22-43-36-34(41)30-9-5-6-10-31(30)45-35(36)25-11-15-26(37)16-12-25/h2-18,21,28,32-33H,19-20,22H2,1H3. The number of methoxy groups -OCH3 is 1. The Balaban J connectivity index is 1.16. The first-order valence-corrected chi connectivity index (χ1v) is 15.1. The lowest BCUT2D eigenvalue weighted by atomic mass is 9.91. The van der Waals surface area contributed by atoms with Crippen LogP contribution in [-0.4, -0.2) is 22.1 Å². The molecule has 8 nitrogen and oxygen atoms in total. The van der Waals surface area contributed by atoms with Crippen LogP contribution in [0.3, 0.4) is 0 Å². The van der Waals surface area contributed by atoms with Crippen LogP contribution < -0.4 is 14.9 Å². The highest BCUT2D eigenvalue weighted by molar-refractivity contribution is 6.30. The first-order valence-electron chi connectivity index (χ1n) is 14.8. The van der Waals surface area contributed by atoms with Gasteiger partial charge in [-0.3, -0.25) is 4.79 Å². The van der Waals surface area contributed by atoms with Crippen LogP contribution >= 0.6 is 11.6 Å². The van der Waals surface area contributed by atoms with Gasteiger partial charge in [-0.05, 0) is 59.7 Å². The van der Waals surface area contributed by atoms with Gasteiger partial charge in [-0.15, -0.1) is 5.10 Å². The molecule has 4 aromatic carbocycles. The molecule has 0 aliphatic carbocycles.